The average Bonchev–Trinajstić information content (AvgIpc) is 3.69. The van der Waals surface area contributed by atoms with Gasteiger partial charge in [-0.1, -0.05) is 11.8 Å². The number of nitrogens with one attached hydrogen (secondary N) is 1. The minimum absolute atomic E-state index is 0. The lowest BCUT2D eigenvalue weighted by Crippen LogP contribution is -2.24. The van der Waals surface area contributed by atoms with Crippen LogP contribution in [-0.4, -0.2) is 77.0 Å². The molecule has 42 heavy (non-hydrogen) atoms. The van der Waals surface area contributed by atoms with E-state index < -0.39 is 0 Å². The Bertz CT molecular complexity index is 1460. The summed E-state index contributed by atoms with van der Waals surface area (Å²) in [7, 11) is 3.17. The summed E-state index contributed by atoms with van der Waals surface area (Å²) in [5.41, 5.74) is 2.91. The largest absolute Gasteiger partial charge is 0.493 e. The van der Waals surface area contributed by atoms with Crippen LogP contribution >= 0.6 is 24.8 Å². The molecule has 2 aliphatic heterocycles. The molecule has 1 aromatic heterocycles. The molecular weight excluding hydrogens is 583 g/mol. The van der Waals surface area contributed by atoms with Crippen molar-refractivity contribution in [2.24, 2.45) is 0 Å². The fourth-order valence-electron chi connectivity index (χ4n) is 4.74. The fourth-order valence-corrected chi connectivity index (χ4v) is 4.74. The van der Waals surface area contributed by atoms with Crippen molar-refractivity contribution in [3.63, 3.8) is 0 Å². The maximum atomic E-state index is 9.86. The Morgan fingerprint density at radius 3 is 2.57 bits per heavy atom. The van der Waals surface area contributed by atoms with Crippen LogP contribution in [0.3, 0.4) is 0 Å². The number of nitriles is 1. The molecule has 224 valence electrons. The fraction of sp³-hybridized carbons (Fsp3) is 0.400. The van der Waals surface area contributed by atoms with Crippen molar-refractivity contribution in [2.45, 2.75) is 12.8 Å². The number of fused-ring (bicyclic) bond motifs is 2. The molecule has 10 nitrogen and oxygen atoms in total. The summed E-state index contributed by atoms with van der Waals surface area (Å²) in [5.74, 6) is 8.12. The molecule has 0 aliphatic carbocycles. The summed E-state index contributed by atoms with van der Waals surface area (Å²) >= 11 is 0. The summed E-state index contributed by atoms with van der Waals surface area (Å²) in [6.07, 6.45) is 4.07. The number of halogens is 2. The number of anilines is 2. The molecule has 0 atom stereocenters. The molecule has 0 spiro atoms. The minimum Gasteiger partial charge on any atom is -0.493 e. The topological polar surface area (TPSA) is 107 Å². The van der Waals surface area contributed by atoms with Crippen molar-refractivity contribution in [1.82, 2.24) is 9.88 Å². The molecule has 12 heteroatoms. The highest BCUT2D eigenvalue weighted by molar-refractivity contribution is 5.98. The molecule has 2 aliphatic rings. The quantitative estimate of drug-likeness (QED) is 0.235. The molecular formula is C30H34Cl2N4O6. The number of nitrogens with zero attached hydrogens (tertiary/aromatic N) is 3. The molecule has 0 unspecified atom stereocenters. The van der Waals surface area contributed by atoms with Crippen LogP contribution in [0.1, 0.15) is 24.0 Å². The van der Waals surface area contributed by atoms with Crippen molar-refractivity contribution in [1.29, 1.82) is 5.26 Å². The second kappa shape index (κ2) is 16.1. The Labute approximate surface area is 258 Å². The Morgan fingerprint density at radius 2 is 1.81 bits per heavy atom. The number of benzene rings is 2. The number of hydrogen-bond acceptors (Lipinski definition) is 10. The van der Waals surface area contributed by atoms with Crippen molar-refractivity contribution < 1.29 is 28.4 Å². The van der Waals surface area contributed by atoms with Crippen LogP contribution in [0.15, 0.2) is 30.5 Å². The lowest BCUT2D eigenvalue weighted by molar-refractivity contribution is 0.0838. The van der Waals surface area contributed by atoms with Crippen LogP contribution < -0.4 is 24.3 Å². The normalized spacial score (nSPS) is 13.4. The molecule has 3 heterocycles. The van der Waals surface area contributed by atoms with Gasteiger partial charge in [0.2, 0.25) is 6.79 Å². The maximum absolute atomic E-state index is 9.86. The molecule has 2 aromatic carbocycles. The maximum Gasteiger partial charge on any atom is 0.231 e. The minimum atomic E-state index is 0. The van der Waals surface area contributed by atoms with E-state index in [1.807, 2.05) is 24.3 Å². The van der Waals surface area contributed by atoms with Crippen LogP contribution in [0.25, 0.3) is 10.9 Å². The first-order valence-corrected chi connectivity index (χ1v) is 13.2. The SMILES string of the molecule is COCC#Cc1ccc(Nc2c(C#N)cnc3cc(OCCOCCN4CCCC4)c(OC)cc23)c2c1OCO2.Cl.Cl. The number of ether oxygens (including phenoxy) is 6. The predicted molar refractivity (Wildman–Crippen MR) is 164 cm³/mol. The van der Waals surface area contributed by atoms with Crippen molar-refractivity contribution in [2.75, 3.05) is 72.4 Å². The first-order valence-electron chi connectivity index (χ1n) is 13.2. The second-order valence-electron chi connectivity index (χ2n) is 9.27. The van der Waals surface area contributed by atoms with E-state index >= 15 is 0 Å². The Kier molecular flexibility index (Phi) is 12.6. The van der Waals surface area contributed by atoms with E-state index in [0.29, 0.717) is 82.8 Å². The van der Waals surface area contributed by atoms with Gasteiger partial charge in [-0.05, 0) is 44.1 Å². The van der Waals surface area contributed by atoms with Gasteiger partial charge in [-0.2, -0.15) is 5.26 Å². The van der Waals surface area contributed by atoms with Gasteiger partial charge < -0.3 is 38.6 Å². The van der Waals surface area contributed by atoms with E-state index in [1.54, 1.807) is 14.2 Å². The van der Waals surface area contributed by atoms with Crippen molar-refractivity contribution in [3.8, 4) is 40.9 Å². The molecule has 0 radical (unpaired) electrons. The van der Waals surface area contributed by atoms with Crippen LogP contribution in [0.4, 0.5) is 11.4 Å². The highest BCUT2D eigenvalue weighted by atomic mass is 35.5. The smallest absolute Gasteiger partial charge is 0.231 e. The van der Waals surface area contributed by atoms with Crippen LogP contribution in [0, 0.1) is 23.2 Å². The van der Waals surface area contributed by atoms with E-state index in [4.69, 9.17) is 28.4 Å². The number of pyridine rings is 1. The Balaban J connectivity index is 0.00000242. The molecule has 3 aromatic rings. The zero-order valence-corrected chi connectivity index (χ0v) is 25.2. The molecule has 5 rings (SSSR count). The van der Waals surface area contributed by atoms with Gasteiger partial charge in [-0.3, -0.25) is 4.98 Å². The first kappa shape index (κ1) is 32.9. The summed E-state index contributed by atoms with van der Waals surface area (Å²) in [5, 5.41) is 13.9. The zero-order chi connectivity index (χ0) is 27.7. The van der Waals surface area contributed by atoms with Gasteiger partial charge in [0.15, 0.2) is 23.0 Å². The second-order valence-corrected chi connectivity index (χ2v) is 9.27. The van der Waals surface area contributed by atoms with Crippen LogP contribution in [0.5, 0.6) is 23.0 Å². The number of rotatable bonds is 11. The third-order valence-corrected chi connectivity index (χ3v) is 6.73. The van der Waals surface area contributed by atoms with E-state index in [9.17, 15) is 5.26 Å². The molecule has 0 amide bonds. The number of hydrogen-bond donors (Lipinski definition) is 1. The molecule has 1 saturated heterocycles. The van der Waals surface area contributed by atoms with Gasteiger partial charge >= 0.3 is 0 Å². The highest BCUT2D eigenvalue weighted by Gasteiger charge is 2.23. The summed E-state index contributed by atoms with van der Waals surface area (Å²) < 4.78 is 33.8. The molecule has 1 fully saturated rings. The zero-order valence-electron chi connectivity index (χ0n) is 23.6. The first-order chi connectivity index (χ1) is 19.7. The Morgan fingerprint density at radius 1 is 1.00 bits per heavy atom. The molecule has 1 N–H and O–H groups in total. The van der Waals surface area contributed by atoms with Crippen molar-refractivity contribution in [3.05, 3.63) is 41.6 Å². The van der Waals surface area contributed by atoms with Gasteiger partial charge in [-0.15, -0.1) is 24.8 Å². The number of methoxy groups -OCH3 is 2. The van der Waals surface area contributed by atoms with Crippen LogP contribution in [0.2, 0.25) is 0 Å². The summed E-state index contributed by atoms with van der Waals surface area (Å²) in [4.78, 5) is 6.92. The summed E-state index contributed by atoms with van der Waals surface area (Å²) in [6.45, 7) is 5.19. The van der Waals surface area contributed by atoms with E-state index in [2.05, 4.69) is 33.1 Å². The van der Waals surface area contributed by atoms with E-state index in [1.165, 1.54) is 19.0 Å². The standard InChI is InChI=1S/C30H32N4O6.2ClH/c1-35-12-5-6-21-7-8-24(30-29(21)39-20-40-30)33-28-22(18-31)19-32-25-17-27(26(36-2)16-23(25)28)38-15-14-37-13-11-34-9-3-4-10-34;;/h7-8,16-17,19H,3-4,9-15,20H2,1-2H3,(H,32,33);2*1H. The van der Waals surface area contributed by atoms with Gasteiger partial charge in [0.1, 0.15) is 19.3 Å². The van der Waals surface area contributed by atoms with Gasteiger partial charge in [-0.25, -0.2) is 0 Å². The third-order valence-electron chi connectivity index (χ3n) is 6.73. The molecule has 0 saturated carbocycles. The number of aromatic nitrogens is 1. The lowest BCUT2D eigenvalue weighted by Gasteiger charge is -2.17. The molecule has 0 bridgehead atoms. The van der Waals surface area contributed by atoms with Gasteiger partial charge in [0, 0.05) is 31.3 Å². The van der Waals surface area contributed by atoms with Crippen molar-refractivity contribution >= 4 is 47.1 Å². The summed E-state index contributed by atoms with van der Waals surface area (Å²) in [6, 6.07) is 9.53. The monoisotopic (exact) mass is 616 g/mol. The highest BCUT2D eigenvalue weighted by Crippen LogP contribution is 2.44. The van der Waals surface area contributed by atoms with E-state index in [-0.39, 0.29) is 31.6 Å². The number of likely N-dealkylation sites (tertiary alicyclic amines) is 1. The van der Waals surface area contributed by atoms with Gasteiger partial charge in [0.05, 0.1) is 48.3 Å². The van der Waals surface area contributed by atoms with Gasteiger partial charge in [0.25, 0.3) is 0 Å². The average molecular weight is 618 g/mol. The predicted octanol–water partition coefficient (Wildman–Crippen LogP) is 4.92. The lowest BCUT2D eigenvalue weighted by atomic mass is 10.1. The van der Waals surface area contributed by atoms with Crippen LogP contribution in [-0.2, 0) is 9.47 Å². The Hall–Kier alpha value is -3.64. The van der Waals surface area contributed by atoms with E-state index in [0.717, 1.165) is 19.6 Å². The third kappa shape index (κ3) is 7.60.